The second kappa shape index (κ2) is 7.07. The van der Waals surface area contributed by atoms with Gasteiger partial charge in [0.15, 0.2) is 5.11 Å². The van der Waals surface area contributed by atoms with Gasteiger partial charge in [0.25, 0.3) is 0 Å². The number of methoxy groups -OCH3 is 1. The van der Waals surface area contributed by atoms with E-state index in [1.807, 2.05) is 32.0 Å². The van der Waals surface area contributed by atoms with Gasteiger partial charge in [-0.2, -0.15) is 0 Å². The van der Waals surface area contributed by atoms with Crippen LogP contribution in [-0.4, -0.2) is 17.8 Å². The molecule has 0 saturated heterocycles. The van der Waals surface area contributed by atoms with Crippen molar-refractivity contribution in [3.05, 3.63) is 53.6 Å². The normalized spacial score (nSPS) is 17.7. The summed E-state index contributed by atoms with van der Waals surface area (Å²) in [6, 6.07) is 9.03. The van der Waals surface area contributed by atoms with Gasteiger partial charge < -0.3 is 20.1 Å². The molecular formula is C19H20F2N2O2S. The number of benzene rings is 2. The second-order valence-electron chi connectivity index (χ2n) is 6.72. The van der Waals surface area contributed by atoms with Gasteiger partial charge in [0.2, 0.25) is 0 Å². The summed E-state index contributed by atoms with van der Waals surface area (Å²) in [5, 5.41) is 5.89. The number of halogens is 2. The van der Waals surface area contributed by atoms with Gasteiger partial charge in [-0.05, 0) is 50.3 Å². The number of ether oxygens (including phenoxy) is 2. The van der Waals surface area contributed by atoms with Crippen molar-refractivity contribution >= 4 is 23.0 Å². The molecule has 138 valence electrons. The highest BCUT2D eigenvalue weighted by Crippen LogP contribution is 2.41. The molecule has 1 heterocycles. The molecule has 2 aromatic rings. The van der Waals surface area contributed by atoms with E-state index in [0.717, 1.165) is 5.56 Å². The molecule has 0 spiro atoms. The molecule has 0 aliphatic carbocycles. The lowest BCUT2D eigenvalue weighted by molar-refractivity contribution is 0.0693. The van der Waals surface area contributed by atoms with E-state index in [4.69, 9.17) is 21.7 Å². The number of anilines is 1. The summed E-state index contributed by atoms with van der Waals surface area (Å²) in [5.41, 5.74) is 0.199. The molecule has 0 fully saturated rings. The first-order valence-corrected chi connectivity index (χ1v) is 8.58. The zero-order valence-corrected chi connectivity index (χ0v) is 15.5. The van der Waals surface area contributed by atoms with Gasteiger partial charge in [-0.15, -0.1) is 0 Å². The third kappa shape index (κ3) is 3.88. The van der Waals surface area contributed by atoms with Crippen molar-refractivity contribution in [3.63, 3.8) is 0 Å². The molecule has 0 bridgehead atoms. The third-order valence-electron chi connectivity index (χ3n) is 4.18. The van der Waals surface area contributed by atoms with E-state index >= 15 is 0 Å². The van der Waals surface area contributed by atoms with Crippen LogP contribution in [0.2, 0.25) is 0 Å². The van der Waals surface area contributed by atoms with Gasteiger partial charge in [-0.1, -0.05) is 6.07 Å². The van der Waals surface area contributed by atoms with Crippen molar-refractivity contribution in [2.45, 2.75) is 31.9 Å². The molecule has 1 aliphatic heterocycles. The molecule has 4 nitrogen and oxygen atoms in total. The maximum atomic E-state index is 13.8. The quantitative estimate of drug-likeness (QED) is 0.767. The van der Waals surface area contributed by atoms with Gasteiger partial charge in [-0.25, -0.2) is 8.78 Å². The summed E-state index contributed by atoms with van der Waals surface area (Å²) in [6.07, 6.45) is 0.633. The van der Waals surface area contributed by atoms with E-state index in [0.29, 0.717) is 17.9 Å². The number of hydrogen-bond donors (Lipinski definition) is 2. The molecule has 7 heteroatoms. The SMILES string of the molecule is COc1ccc2c(c1)OC(C)(C)C[C@@H]2NC(=S)Nc1c(F)cccc1F. The summed E-state index contributed by atoms with van der Waals surface area (Å²) in [7, 11) is 1.59. The average molecular weight is 378 g/mol. The topological polar surface area (TPSA) is 42.5 Å². The Morgan fingerprint density at radius 3 is 2.58 bits per heavy atom. The molecule has 3 rings (SSSR count). The minimum Gasteiger partial charge on any atom is -0.497 e. The van der Waals surface area contributed by atoms with Crippen molar-refractivity contribution < 1.29 is 18.3 Å². The van der Waals surface area contributed by atoms with Gasteiger partial charge in [0.05, 0.1) is 13.2 Å². The Kier molecular flexibility index (Phi) is 5.00. The maximum Gasteiger partial charge on any atom is 0.171 e. The zero-order valence-electron chi connectivity index (χ0n) is 14.7. The lowest BCUT2D eigenvalue weighted by Crippen LogP contribution is -2.42. The summed E-state index contributed by atoms with van der Waals surface area (Å²) in [4.78, 5) is 0. The molecule has 0 radical (unpaired) electrons. The van der Waals surface area contributed by atoms with Crippen molar-refractivity contribution in [2.24, 2.45) is 0 Å². The van der Waals surface area contributed by atoms with Crippen LogP contribution in [0.15, 0.2) is 36.4 Å². The van der Waals surface area contributed by atoms with Gasteiger partial charge in [0.1, 0.15) is 34.4 Å². The Morgan fingerprint density at radius 2 is 1.92 bits per heavy atom. The molecule has 0 unspecified atom stereocenters. The lowest BCUT2D eigenvalue weighted by Gasteiger charge is -2.38. The maximum absolute atomic E-state index is 13.8. The van der Waals surface area contributed by atoms with Crippen molar-refractivity contribution in [2.75, 3.05) is 12.4 Å². The van der Waals surface area contributed by atoms with E-state index < -0.39 is 17.2 Å². The van der Waals surface area contributed by atoms with Gasteiger partial charge in [0, 0.05) is 18.1 Å². The standard InChI is InChI=1S/C19H20F2N2O2S/c1-19(2)10-15(12-8-7-11(24-3)9-16(12)25-19)22-18(26)23-17-13(20)5-4-6-14(17)21/h4-9,15H,10H2,1-3H3,(H2,22,23,26)/t15-/m0/s1. The van der Waals surface area contributed by atoms with Crippen LogP contribution in [0.25, 0.3) is 0 Å². The largest absolute Gasteiger partial charge is 0.497 e. The Bertz CT molecular complexity index is 822. The number of rotatable bonds is 3. The Morgan fingerprint density at radius 1 is 1.23 bits per heavy atom. The van der Waals surface area contributed by atoms with Crippen LogP contribution < -0.4 is 20.1 Å². The van der Waals surface area contributed by atoms with Crippen molar-refractivity contribution in [3.8, 4) is 11.5 Å². The van der Waals surface area contributed by atoms with Crippen LogP contribution in [0.4, 0.5) is 14.5 Å². The van der Waals surface area contributed by atoms with E-state index in [-0.39, 0.29) is 16.8 Å². The zero-order chi connectivity index (χ0) is 18.9. The van der Waals surface area contributed by atoms with Crippen molar-refractivity contribution in [1.82, 2.24) is 5.32 Å². The molecule has 0 aromatic heterocycles. The van der Waals surface area contributed by atoms with E-state index in [2.05, 4.69) is 10.6 Å². The molecular weight excluding hydrogens is 358 g/mol. The molecule has 0 amide bonds. The minimum absolute atomic E-state index is 0.137. The van der Waals surface area contributed by atoms with Crippen LogP contribution in [-0.2, 0) is 0 Å². The van der Waals surface area contributed by atoms with Crippen LogP contribution in [0.3, 0.4) is 0 Å². The molecule has 2 N–H and O–H groups in total. The molecule has 2 aromatic carbocycles. The highest BCUT2D eigenvalue weighted by atomic mass is 32.1. The summed E-state index contributed by atoms with van der Waals surface area (Å²) < 4.78 is 38.9. The lowest BCUT2D eigenvalue weighted by atomic mass is 9.89. The van der Waals surface area contributed by atoms with Crippen LogP contribution >= 0.6 is 12.2 Å². The second-order valence-corrected chi connectivity index (χ2v) is 7.13. The summed E-state index contributed by atoms with van der Waals surface area (Å²) in [6.45, 7) is 3.94. The van der Waals surface area contributed by atoms with Gasteiger partial charge >= 0.3 is 0 Å². The average Bonchev–Trinajstić information content (AvgIpc) is 2.56. The predicted molar refractivity (Wildman–Crippen MR) is 101 cm³/mol. The van der Waals surface area contributed by atoms with Crippen LogP contribution in [0.1, 0.15) is 31.9 Å². The third-order valence-corrected chi connectivity index (χ3v) is 4.40. The molecule has 1 aliphatic rings. The number of nitrogens with one attached hydrogen (secondary N) is 2. The van der Waals surface area contributed by atoms with Crippen molar-refractivity contribution in [1.29, 1.82) is 0 Å². The van der Waals surface area contributed by atoms with E-state index in [1.165, 1.54) is 18.2 Å². The minimum atomic E-state index is -0.702. The first-order valence-electron chi connectivity index (χ1n) is 8.17. The molecule has 1 atom stereocenters. The van der Waals surface area contributed by atoms with Crippen LogP contribution in [0.5, 0.6) is 11.5 Å². The molecule has 26 heavy (non-hydrogen) atoms. The van der Waals surface area contributed by atoms with E-state index in [1.54, 1.807) is 7.11 Å². The van der Waals surface area contributed by atoms with E-state index in [9.17, 15) is 8.78 Å². The fraction of sp³-hybridized carbons (Fsp3) is 0.316. The fourth-order valence-electron chi connectivity index (χ4n) is 3.01. The fourth-order valence-corrected chi connectivity index (χ4v) is 3.26. The Balaban J connectivity index is 1.82. The van der Waals surface area contributed by atoms with Gasteiger partial charge in [-0.3, -0.25) is 0 Å². The Labute approximate surface area is 156 Å². The highest BCUT2D eigenvalue weighted by molar-refractivity contribution is 7.80. The smallest absolute Gasteiger partial charge is 0.171 e. The molecule has 0 saturated carbocycles. The number of hydrogen-bond acceptors (Lipinski definition) is 3. The number of fused-ring (bicyclic) bond motifs is 1. The highest BCUT2D eigenvalue weighted by Gasteiger charge is 2.34. The van der Waals surface area contributed by atoms with Crippen LogP contribution in [0, 0.1) is 11.6 Å². The first-order chi connectivity index (χ1) is 12.3. The number of para-hydroxylation sites is 1. The first kappa shape index (κ1) is 18.4. The summed E-state index contributed by atoms with van der Waals surface area (Å²) >= 11 is 5.27. The number of thiocarbonyl (C=S) groups is 1. The monoisotopic (exact) mass is 378 g/mol. The predicted octanol–water partition coefficient (Wildman–Crippen LogP) is 4.56. The summed E-state index contributed by atoms with van der Waals surface area (Å²) in [5.74, 6) is -0.0227. The Hall–Kier alpha value is -2.41.